The van der Waals surface area contributed by atoms with Crippen molar-refractivity contribution in [2.75, 3.05) is 6.79 Å². The second-order valence-corrected chi connectivity index (χ2v) is 3.51. The van der Waals surface area contributed by atoms with E-state index in [1.165, 1.54) is 0 Å². The van der Waals surface area contributed by atoms with E-state index in [1.807, 2.05) is 12.1 Å². The molecule has 0 amide bonds. The molecule has 0 fully saturated rings. The molecule has 1 heterocycles. The minimum Gasteiger partial charge on any atom is -0.454 e. The van der Waals surface area contributed by atoms with E-state index >= 15 is 0 Å². The third kappa shape index (κ3) is 1.15. The molecule has 0 bridgehead atoms. The van der Waals surface area contributed by atoms with Crippen molar-refractivity contribution in [2.24, 2.45) is 0 Å². The number of hydrogen-bond acceptors (Lipinski definition) is 3. The summed E-state index contributed by atoms with van der Waals surface area (Å²) in [6.07, 6.45) is 0. The summed E-state index contributed by atoms with van der Waals surface area (Å²) in [7, 11) is 0. The summed E-state index contributed by atoms with van der Waals surface area (Å²) in [5.41, 5.74) is 0.875. The van der Waals surface area contributed by atoms with Crippen molar-refractivity contribution in [1.29, 1.82) is 0 Å². The van der Waals surface area contributed by atoms with E-state index in [0.29, 0.717) is 0 Å². The molecule has 0 aliphatic carbocycles. The average molecular weight is 278 g/mol. The molecule has 1 aromatic rings. The normalized spacial score (nSPS) is 13.5. The van der Waals surface area contributed by atoms with Gasteiger partial charge in [-0.15, -0.1) is 0 Å². The van der Waals surface area contributed by atoms with Crippen LogP contribution in [0.5, 0.6) is 11.5 Å². The minimum absolute atomic E-state index is 0.0366. The lowest BCUT2D eigenvalue weighted by Crippen LogP contribution is -1.94. The number of benzene rings is 1. The smallest absolute Gasteiger partial charge is 0.231 e. The number of hydrogen-bond donors (Lipinski definition) is 1. The third-order valence-electron chi connectivity index (χ3n) is 1.73. The zero-order chi connectivity index (χ0) is 8.55. The Labute approximate surface area is 83.4 Å². The monoisotopic (exact) mass is 278 g/mol. The van der Waals surface area contributed by atoms with E-state index in [-0.39, 0.29) is 13.4 Å². The fourth-order valence-corrected chi connectivity index (χ4v) is 1.87. The van der Waals surface area contributed by atoms with Gasteiger partial charge in [0, 0.05) is 0 Å². The fourth-order valence-electron chi connectivity index (χ4n) is 1.10. The molecular formula is C8H7IO3. The Kier molecular flexibility index (Phi) is 2.10. The van der Waals surface area contributed by atoms with Gasteiger partial charge in [-0.05, 0) is 34.2 Å². The third-order valence-corrected chi connectivity index (χ3v) is 2.91. The van der Waals surface area contributed by atoms with Crippen molar-refractivity contribution in [3.8, 4) is 11.5 Å². The van der Waals surface area contributed by atoms with E-state index in [2.05, 4.69) is 22.6 Å². The summed E-state index contributed by atoms with van der Waals surface area (Å²) in [5.74, 6) is 1.51. The first-order chi connectivity index (χ1) is 5.83. The van der Waals surface area contributed by atoms with Crippen LogP contribution in [0.25, 0.3) is 0 Å². The van der Waals surface area contributed by atoms with Gasteiger partial charge in [0.05, 0.1) is 10.2 Å². The van der Waals surface area contributed by atoms with E-state index in [9.17, 15) is 0 Å². The molecule has 0 atom stereocenters. The Hall–Kier alpha value is -0.490. The van der Waals surface area contributed by atoms with Crippen molar-refractivity contribution < 1.29 is 14.6 Å². The highest BCUT2D eigenvalue weighted by Crippen LogP contribution is 2.38. The van der Waals surface area contributed by atoms with Gasteiger partial charge in [-0.25, -0.2) is 0 Å². The molecule has 1 N–H and O–H groups in total. The molecule has 0 aromatic heterocycles. The number of halogens is 1. The van der Waals surface area contributed by atoms with Crippen LogP contribution in [-0.2, 0) is 6.61 Å². The van der Waals surface area contributed by atoms with Crippen LogP contribution in [0.15, 0.2) is 12.1 Å². The molecule has 4 heteroatoms. The number of ether oxygens (including phenoxy) is 2. The summed E-state index contributed by atoms with van der Waals surface area (Å²) in [6.45, 7) is 0.315. The van der Waals surface area contributed by atoms with Gasteiger partial charge >= 0.3 is 0 Å². The van der Waals surface area contributed by atoms with Crippen LogP contribution in [0.1, 0.15) is 5.56 Å². The molecule has 2 rings (SSSR count). The molecule has 1 aliphatic rings. The zero-order valence-corrected chi connectivity index (χ0v) is 8.37. The Morgan fingerprint density at radius 3 is 3.00 bits per heavy atom. The first-order valence-corrected chi connectivity index (χ1v) is 4.58. The predicted octanol–water partition coefficient (Wildman–Crippen LogP) is 1.51. The lowest BCUT2D eigenvalue weighted by atomic mass is 10.2. The van der Waals surface area contributed by atoms with E-state index in [1.54, 1.807) is 0 Å². The summed E-state index contributed by atoms with van der Waals surface area (Å²) in [6, 6.07) is 3.66. The topological polar surface area (TPSA) is 38.7 Å². The maximum Gasteiger partial charge on any atom is 0.231 e. The molecule has 1 aliphatic heterocycles. The van der Waals surface area contributed by atoms with Crippen molar-refractivity contribution in [1.82, 2.24) is 0 Å². The highest BCUT2D eigenvalue weighted by molar-refractivity contribution is 14.1. The lowest BCUT2D eigenvalue weighted by molar-refractivity contribution is 0.173. The van der Waals surface area contributed by atoms with Gasteiger partial charge in [-0.3, -0.25) is 0 Å². The molecule has 12 heavy (non-hydrogen) atoms. The largest absolute Gasteiger partial charge is 0.454 e. The predicted molar refractivity (Wildman–Crippen MR) is 51.2 cm³/mol. The van der Waals surface area contributed by atoms with Crippen LogP contribution in [0.3, 0.4) is 0 Å². The van der Waals surface area contributed by atoms with Gasteiger partial charge in [0.25, 0.3) is 0 Å². The highest BCUT2D eigenvalue weighted by Gasteiger charge is 2.18. The molecule has 3 nitrogen and oxygen atoms in total. The second-order valence-electron chi connectivity index (χ2n) is 2.43. The molecule has 0 radical (unpaired) electrons. The van der Waals surface area contributed by atoms with Crippen molar-refractivity contribution in [2.45, 2.75) is 6.61 Å². The Balaban J connectivity index is 2.54. The minimum atomic E-state index is 0.0366. The van der Waals surface area contributed by atoms with Crippen LogP contribution in [-0.4, -0.2) is 11.9 Å². The van der Waals surface area contributed by atoms with Crippen molar-refractivity contribution in [3.63, 3.8) is 0 Å². The van der Waals surface area contributed by atoms with E-state index < -0.39 is 0 Å². The maximum atomic E-state index is 8.95. The number of aliphatic hydroxyl groups is 1. The van der Waals surface area contributed by atoms with Gasteiger partial charge in [-0.2, -0.15) is 0 Å². The van der Waals surface area contributed by atoms with Crippen LogP contribution in [0.4, 0.5) is 0 Å². The summed E-state index contributed by atoms with van der Waals surface area (Å²) < 4.78 is 11.3. The number of fused-ring (bicyclic) bond motifs is 1. The quantitative estimate of drug-likeness (QED) is 0.791. The van der Waals surface area contributed by atoms with E-state index in [4.69, 9.17) is 14.6 Å². The fraction of sp³-hybridized carbons (Fsp3) is 0.250. The van der Waals surface area contributed by atoms with Gasteiger partial charge in [0.2, 0.25) is 6.79 Å². The number of aliphatic hydroxyl groups excluding tert-OH is 1. The van der Waals surface area contributed by atoms with Crippen LogP contribution in [0.2, 0.25) is 0 Å². The molecule has 64 valence electrons. The maximum absolute atomic E-state index is 8.95. The highest BCUT2D eigenvalue weighted by atomic mass is 127. The van der Waals surface area contributed by atoms with Gasteiger partial charge in [-0.1, -0.05) is 6.07 Å². The van der Waals surface area contributed by atoms with Gasteiger partial charge in [0.1, 0.15) is 0 Å². The zero-order valence-electron chi connectivity index (χ0n) is 6.21. The molecule has 1 aromatic carbocycles. The van der Waals surface area contributed by atoms with E-state index in [0.717, 1.165) is 20.6 Å². The average Bonchev–Trinajstić information content (AvgIpc) is 2.53. The summed E-state index contributed by atoms with van der Waals surface area (Å²) in [5, 5.41) is 8.95. The summed E-state index contributed by atoms with van der Waals surface area (Å²) >= 11 is 2.14. The Bertz CT molecular complexity index is 311. The SMILES string of the molecule is OCc1ccc2c(c1I)OCO2. The van der Waals surface area contributed by atoms with Crippen LogP contribution >= 0.6 is 22.6 Å². The molecular weight excluding hydrogens is 271 g/mol. The molecule has 0 unspecified atom stereocenters. The second kappa shape index (κ2) is 3.10. The summed E-state index contributed by atoms with van der Waals surface area (Å²) in [4.78, 5) is 0. The lowest BCUT2D eigenvalue weighted by Gasteiger charge is -2.03. The molecule has 0 saturated heterocycles. The molecule has 0 spiro atoms. The first kappa shape index (κ1) is 8.12. The van der Waals surface area contributed by atoms with Crippen molar-refractivity contribution >= 4 is 22.6 Å². The molecule has 0 saturated carbocycles. The standard InChI is InChI=1S/C8H7IO3/c9-7-5(3-10)1-2-6-8(7)12-4-11-6/h1-2,10H,3-4H2. The van der Waals surface area contributed by atoms with Crippen molar-refractivity contribution in [3.05, 3.63) is 21.3 Å². The Morgan fingerprint density at radius 2 is 2.25 bits per heavy atom. The van der Waals surface area contributed by atoms with Crippen LogP contribution in [0, 0.1) is 3.57 Å². The van der Waals surface area contributed by atoms with Crippen LogP contribution < -0.4 is 9.47 Å². The Morgan fingerprint density at radius 1 is 1.42 bits per heavy atom. The van der Waals surface area contributed by atoms with Gasteiger partial charge in [0.15, 0.2) is 11.5 Å². The first-order valence-electron chi connectivity index (χ1n) is 3.51. The number of rotatable bonds is 1. The van der Waals surface area contributed by atoms with Gasteiger partial charge < -0.3 is 14.6 Å².